The van der Waals surface area contributed by atoms with Crippen molar-refractivity contribution >= 4 is 48.9 Å². The first-order chi connectivity index (χ1) is 16.5. The van der Waals surface area contributed by atoms with Crippen molar-refractivity contribution in [1.82, 2.24) is 9.88 Å². The van der Waals surface area contributed by atoms with E-state index in [1.807, 2.05) is 6.92 Å². The third-order valence-electron chi connectivity index (χ3n) is 6.43. The van der Waals surface area contributed by atoms with E-state index in [1.54, 1.807) is 35.2 Å². The zero-order valence-corrected chi connectivity index (χ0v) is 22.6. The first kappa shape index (κ1) is 26.1. The summed E-state index contributed by atoms with van der Waals surface area (Å²) in [7, 11) is -3.70. The van der Waals surface area contributed by atoms with Crippen molar-refractivity contribution in [3.63, 3.8) is 0 Å². The summed E-state index contributed by atoms with van der Waals surface area (Å²) < 4.78 is 27.3. The number of aromatic nitrogens is 1. The first-order valence-corrected chi connectivity index (χ1v) is 14.8. The lowest BCUT2D eigenvalue weighted by Crippen LogP contribution is -2.47. The minimum Gasteiger partial charge on any atom is -0.390 e. The van der Waals surface area contributed by atoms with Gasteiger partial charge in [0, 0.05) is 23.7 Å². The highest BCUT2D eigenvalue weighted by atomic mass is 35.5. The molecule has 4 rings (SSSR count). The van der Waals surface area contributed by atoms with Gasteiger partial charge in [-0.05, 0) is 61.4 Å². The van der Waals surface area contributed by atoms with Gasteiger partial charge in [0.05, 0.1) is 26.0 Å². The minimum atomic E-state index is -3.70. The van der Waals surface area contributed by atoms with E-state index in [4.69, 9.17) is 11.6 Å². The lowest BCUT2D eigenvalue weighted by atomic mass is 9.84. The Morgan fingerprint density at radius 1 is 1.20 bits per heavy atom. The van der Waals surface area contributed by atoms with Crippen LogP contribution in [-0.2, 0) is 22.0 Å². The first-order valence-electron chi connectivity index (χ1n) is 11.9. The number of piperidine rings is 1. The van der Waals surface area contributed by atoms with Crippen LogP contribution >= 0.6 is 22.9 Å². The number of aryl methyl sites for hydroxylation is 1. The van der Waals surface area contributed by atoms with Gasteiger partial charge in [-0.1, -0.05) is 44.5 Å². The molecule has 1 N–H and O–H groups in total. The highest BCUT2D eigenvalue weighted by Crippen LogP contribution is 2.33. The summed E-state index contributed by atoms with van der Waals surface area (Å²) in [6, 6.07) is 9.93. The summed E-state index contributed by atoms with van der Waals surface area (Å²) in [5, 5.41) is 12.0. The molecule has 0 unspecified atom stereocenters. The lowest BCUT2D eigenvalue weighted by molar-refractivity contribution is -0.0311. The predicted molar refractivity (Wildman–Crippen MR) is 141 cm³/mol. The average Bonchev–Trinajstić information content (AvgIpc) is 3.21. The van der Waals surface area contributed by atoms with Crippen LogP contribution in [0.1, 0.15) is 61.0 Å². The number of thiazole rings is 1. The van der Waals surface area contributed by atoms with Gasteiger partial charge < -0.3 is 10.0 Å². The Morgan fingerprint density at radius 2 is 1.86 bits per heavy atom. The van der Waals surface area contributed by atoms with Crippen molar-refractivity contribution < 1.29 is 18.3 Å². The number of hydrogen-bond donors (Lipinski definition) is 1. The van der Waals surface area contributed by atoms with E-state index < -0.39 is 15.4 Å². The molecule has 3 aromatic rings. The molecule has 35 heavy (non-hydrogen) atoms. The number of rotatable bonds is 7. The van der Waals surface area contributed by atoms with Gasteiger partial charge in [0.1, 0.15) is 5.52 Å². The predicted octanol–water partition coefficient (Wildman–Crippen LogP) is 5.50. The van der Waals surface area contributed by atoms with Crippen molar-refractivity contribution in [2.45, 2.75) is 62.7 Å². The summed E-state index contributed by atoms with van der Waals surface area (Å²) in [6.45, 7) is 7.18. The zero-order valence-electron chi connectivity index (χ0n) is 20.3. The molecule has 188 valence electrons. The van der Waals surface area contributed by atoms with Crippen molar-refractivity contribution in [3.05, 3.63) is 57.6 Å². The largest absolute Gasteiger partial charge is 0.390 e. The van der Waals surface area contributed by atoms with Crippen molar-refractivity contribution in [2.24, 2.45) is 5.92 Å². The molecule has 0 aliphatic carbocycles. The van der Waals surface area contributed by atoms with E-state index in [2.05, 4.69) is 18.8 Å². The quantitative estimate of drug-likeness (QED) is 0.432. The zero-order chi connectivity index (χ0) is 25.4. The van der Waals surface area contributed by atoms with Crippen LogP contribution in [0.4, 0.5) is 0 Å². The van der Waals surface area contributed by atoms with Gasteiger partial charge in [-0.25, -0.2) is 13.4 Å². The molecule has 1 aromatic heterocycles. The number of amides is 1. The summed E-state index contributed by atoms with van der Waals surface area (Å²) in [5.74, 6) is 0.0948. The second-order valence-electron chi connectivity index (χ2n) is 9.78. The molecular formula is C26H31ClN2O4S2. The van der Waals surface area contributed by atoms with Crippen molar-refractivity contribution in [3.8, 4) is 0 Å². The maximum atomic E-state index is 13.3. The van der Waals surface area contributed by atoms with Gasteiger partial charge in [-0.2, -0.15) is 0 Å². The van der Waals surface area contributed by atoms with E-state index in [9.17, 15) is 18.3 Å². The van der Waals surface area contributed by atoms with Crippen LogP contribution in [0.2, 0.25) is 5.02 Å². The Morgan fingerprint density at radius 3 is 2.46 bits per heavy atom. The molecular weight excluding hydrogens is 504 g/mol. The van der Waals surface area contributed by atoms with E-state index in [1.165, 1.54) is 17.4 Å². The summed E-state index contributed by atoms with van der Waals surface area (Å²) in [4.78, 5) is 19.4. The number of likely N-dealkylation sites (tertiary alicyclic amines) is 1. The van der Waals surface area contributed by atoms with Crippen molar-refractivity contribution in [2.75, 3.05) is 13.1 Å². The Kier molecular flexibility index (Phi) is 7.57. The summed E-state index contributed by atoms with van der Waals surface area (Å²) >= 11 is 7.66. The van der Waals surface area contributed by atoms with Crippen LogP contribution in [-0.4, -0.2) is 48.0 Å². The monoisotopic (exact) mass is 534 g/mol. The topological polar surface area (TPSA) is 87.6 Å². The number of sulfone groups is 1. The van der Waals surface area contributed by atoms with Crippen molar-refractivity contribution in [1.29, 1.82) is 0 Å². The highest BCUT2D eigenvalue weighted by Gasteiger charge is 2.34. The molecule has 0 radical (unpaired) electrons. The maximum Gasteiger partial charge on any atom is 0.253 e. The fourth-order valence-corrected chi connectivity index (χ4v) is 7.64. The van der Waals surface area contributed by atoms with Gasteiger partial charge in [0.15, 0.2) is 9.84 Å². The SMILES string of the molecule is CCc1nc2c(S(=O)(=O)Cc3ccc(C(=O)N4CCC(O)(CC(C)C)CC4)cc3)cc(Cl)cc2s1. The number of carbonyl (C=O) groups is 1. The fourth-order valence-electron chi connectivity index (χ4n) is 4.71. The number of fused-ring (bicyclic) bond motifs is 1. The number of nitrogens with zero attached hydrogens (tertiary/aromatic N) is 2. The van der Waals surface area contributed by atoms with Gasteiger partial charge in [0.25, 0.3) is 5.91 Å². The Labute approximate surface area is 215 Å². The molecule has 0 saturated carbocycles. The standard InChI is InChI=1S/C26H31ClN2O4S2/c1-4-23-28-24-21(34-23)13-20(27)14-22(24)35(32,33)16-18-5-7-19(8-6-18)25(30)29-11-9-26(31,10-12-29)15-17(2)3/h5-8,13-14,17,31H,4,9-12,15-16H2,1-3H3. The second kappa shape index (κ2) is 10.2. The number of benzene rings is 2. The number of aliphatic hydroxyl groups is 1. The normalized spacial score (nSPS) is 16.2. The Hall–Kier alpha value is -2.00. The van der Waals surface area contributed by atoms with E-state index in [0.29, 0.717) is 53.5 Å². The molecule has 2 heterocycles. The third kappa shape index (κ3) is 5.88. The Balaban J connectivity index is 1.48. The summed E-state index contributed by atoms with van der Waals surface area (Å²) in [6.07, 6.45) is 2.59. The molecule has 1 saturated heterocycles. The average molecular weight is 535 g/mol. The van der Waals surface area contributed by atoms with Gasteiger partial charge in [-0.3, -0.25) is 4.79 Å². The molecule has 1 amide bonds. The molecule has 0 atom stereocenters. The summed E-state index contributed by atoms with van der Waals surface area (Å²) in [5.41, 5.74) is 0.859. The number of carbonyl (C=O) groups excluding carboxylic acids is 1. The molecule has 0 bridgehead atoms. The van der Waals surface area contributed by atoms with Gasteiger partial charge in [0.2, 0.25) is 0 Å². The van der Waals surface area contributed by atoms with Crippen LogP contribution in [0, 0.1) is 5.92 Å². The van der Waals surface area contributed by atoms with E-state index in [-0.39, 0.29) is 16.6 Å². The molecule has 1 aliphatic heterocycles. The fraction of sp³-hybridized carbons (Fsp3) is 0.462. The molecule has 6 nitrogen and oxygen atoms in total. The van der Waals surface area contributed by atoms with Crippen LogP contribution < -0.4 is 0 Å². The highest BCUT2D eigenvalue weighted by molar-refractivity contribution is 7.90. The maximum absolute atomic E-state index is 13.3. The Bertz CT molecular complexity index is 1330. The van der Waals surface area contributed by atoms with Gasteiger partial charge in [-0.15, -0.1) is 11.3 Å². The molecule has 9 heteroatoms. The third-order valence-corrected chi connectivity index (χ3v) is 9.49. The lowest BCUT2D eigenvalue weighted by Gasteiger charge is -2.39. The van der Waals surface area contributed by atoms with E-state index in [0.717, 1.165) is 22.5 Å². The van der Waals surface area contributed by atoms with Crippen LogP contribution in [0.5, 0.6) is 0 Å². The molecule has 0 spiro atoms. The molecule has 1 fully saturated rings. The second-order valence-corrected chi connectivity index (χ2v) is 13.3. The number of hydrogen-bond acceptors (Lipinski definition) is 6. The molecule has 1 aliphatic rings. The van der Waals surface area contributed by atoms with Crippen LogP contribution in [0.25, 0.3) is 10.2 Å². The number of halogens is 1. The van der Waals surface area contributed by atoms with Crippen LogP contribution in [0.3, 0.4) is 0 Å². The minimum absolute atomic E-state index is 0.0999. The molecule has 2 aromatic carbocycles. The van der Waals surface area contributed by atoms with Crippen LogP contribution in [0.15, 0.2) is 41.3 Å². The smallest absolute Gasteiger partial charge is 0.253 e. The van der Waals surface area contributed by atoms with Gasteiger partial charge >= 0.3 is 0 Å². The van der Waals surface area contributed by atoms with E-state index >= 15 is 0 Å².